The summed E-state index contributed by atoms with van der Waals surface area (Å²) in [5, 5.41) is 6.44. The zero-order valence-electron chi connectivity index (χ0n) is 5.69. The van der Waals surface area contributed by atoms with Crippen LogP contribution in [-0.4, -0.2) is 26.2 Å². The maximum atomic E-state index is 4.61. The highest BCUT2D eigenvalue weighted by atomic mass is 15.0. The Morgan fingerprint density at radius 3 is 1.44 bits per heavy atom. The van der Waals surface area contributed by atoms with Crippen LogP contribution >= 0.6 is 0 Å². The van der Waals surface area contributed by atoms with Crippen molar-refractivity contribution in [1.29, 1.82) is 0 Å². The Labute approximate surface area is 56.3 Å². The van der Waals surface area contributed by atoms with Gasteiger partial charge in [0, 0.05) is 26.2 Å². The van der Waals surface area contributed by atoms with E-state index in [0.29, 0.717) is 0 Å². The van der Waals surface area contributed by atoms with Crippen LogP contribution in [0.3, 0.4) is 0 Å². The SMILES string of the molecule is C1CNCCN1.C=CN. The molecular weight excluding hydrogens is 114 g/mol. The summed E-state index contributed by atoms with van der Waals surface area (Å²) in [6, 6.07) is 0. The molecule has 9 heavy (non-hydrogen) atoms. The molecule has 1 rings (SSSR count). The summed E-state index contributed by atoms with van der Waals surface area (Å²) in [6.45, 7) is 7.69. The highest BCUT2D eigenvalue weighted by molar-refractivity contribution is 4.59. The van der Waals surface area contributed by atoms with Gasteiger partial charge in [-0.05, 0) is 6.20 Å². The van der Waals surface area contributed by atoms with Crippen LogP contribution in [0.5, 0.6) is 0 Å². The van der Waals surface area contributed by atoms with Crippen LogP contribution in [0, 0.1) is 0 Å². The first-order chi connectivity index (χ1) is 4.41. The molecule has 0 bridgehead atoms. The molecule has 0 spiro atoms. The van der Waals surface area contributed by atoms with Crippen molar-refractivity contribution in [3.63, 3.8) is 0 Å². The van der Waals surface area contributed by atoms with E-state index in [1.807, 2.05) is 0 Å². The van der Waals surface area contributed by atoms with E-state index in [2.05, 4.69) is 22.9 Å². The van der Waals surface area contributed by atoms with Gasteiger partial charge in [-0.25, -0.2) is 0 Å². The fourth-order valence-corrected chi connectivity index (χ4v) is 0.604. The molecule has 0 aromatic heterocycles. The van der Waals surface area contributed by atoms with E-state index in [-0.39, 0.29) is 0 Å². The van der Waals surface area contributed by atoms with Crippen molar-refractivity contribution in [2.45, 2.75) is 0 Å². The molecule has 1 saturated heterocycles. The monoisotopic (exact) mass is 129 g/mol. The average molecular weight is 129 g/mol. The van der Waals surface area contributed by atoms with E-state index in [1.165, 1.54) is 6.20 Å². The highest BCUT2D eigenvalue weighted by Crippen LogP contribution is 1.65. The standard InChI is InChI=1S/C4H10N2.C2H5N/c1-2-6-4-3-5-1;1-2-3/h5-6H,1-4H2;2H,1,3H2. The maximum Gasteiger partial charge on any atom is 0.00772 e. The quantitative estimate of drug-likeness (QED) is 0.404. The second-order valence-electron chi connectivity index (χ2n) is 1.74. The topological polar surface area (TPSA) is 50.1 Å². The van der Waals surface area contributed by atoms with Crippen LogP contribution in [0.4, 0.5) is 0 Å². The van der Waals surface area contributed by atoms with Gasteiger partial charge >= 0.3 is 0 Å². The summed E-state index contributed by atoms with van der Waals surface area (Å²) in [5.74, 6) is 0. The molecule has 0 aliphatic carbocycles. The first-order valence-corrected chi connectivity index (χ1v) is 3.16. The fraction of sp³-hybridized carbons (Fsp3) is 0.667. The Balaban J connectivity index is 0.000000187. The van der Waals surface area contributed by atoms with E-state index >= 15 is 0 Å². The van der Waals surface area contributed by atoms with Crippen molar-refractivity contribution in [2.75, 3.05) is 26.2 Å². The van der Waals surface area contributed by atoms with Crippen LogP contribution in [0.1, 0.15) is 0 Å². The lowest BCUT2D eigenvalue weighted by atomic mass is 10.4. The van der Waals surface area contributed by atoms with Crippen LogP contribution in [-0.2, 0) is 0 Å². The van der Waals surface area contributed by atoms with Gasteiger partial charge in [0.15, 0.2) is 0 Å². The zero-order valence-corrected chi connectivity index (χ0v) is 5.69. The number of piperazine rings is 1. The van der Waals surface area contributed by atoms with Gasteiger partial charge in [0.2, 0.25) is 0 Å². The molecule has 1 fully saturated rings. The summed E-state index contributed by atoms with van der Waals surface area (Å²) >= 11 is 0. The third-order valence-electron chi connectivity index (χ3n) is 0.957. The lowest BCUT2D eigenvalue weighted by Crippen LogP contribution is -2.39. The fourth-order valence-electron chi connectivity index (χ4n) is 0.604. The minimum atomic E-state index is 1.14. The Morgan fingerprint density at radius 1 is 1.11 bits per heavy atom. The smallest absolute Gasteiger partial charge is 0.00772 e. The lowest BCUT2D eigenvalue weighted by molar-refractivity contribution is 0.534. The molecule has 1 heterocycles. The van der Waals surface area contributed by atoms with Gasteiger partial charge in [-0.15, -0.1) is 0 Å². The average Bonchev–Trinajstić information content (AvgIpc) is 1.93. The Kier molecular flexibility index (Phi) is 7.01. The first kappa shape index (κ1) is 8.46. The Bertz CT molecular complexity index is 47.8. The molecule has 1 aliphatic rings. The van der Waals surface area contributed by atoms with E-state index in [9.17, 15) is 0 Å². The summed E-state index contributed by atoms with van der Waals surface area (Å²) in [5.41, 5.74) is 4.61. The van der Waals surface area contributed by atoms with Crippen molar-refractivity contribution in [2.24, 2.45) is 5.73 Å². The minimum absolute atomic E-state index is 1.14. The van der Waals surface area contributed by atoms with Gasteiger partial charge in [0.05, 0.1) is 0 Å². The van der Waals surface area contributed by atoms with Crippen molar-refractivity contribution in [3.05, 3.63) is 12.8 Å². The van der Waals surface area contributed by atoms with Crippen molar-refractivity contribution in [1.82, 2.24) is 10.6 Å². The number of nitrogens with one attached hydrogen (secondary N) is 2. The predicted molar refractivity (Wildman–Crippen MR) is 40.1 cm³/mol. The van der Waals surface area contributed by atoms with Crippen LogP contribution in [0.15, 0.2) is 12.8 Å². The summed E-state index contributed by atoms with van der Waals surface area (Å²) in [6.07, 6.45) is 1.25. The second kappa shape index (κ2) is 7.46. The van der Waals surface area contributed by atoms with Crippen LogP contribution in [0.25, 0.3) is 0 Å². The molecule has 54 valence electrons. The molecule has 0 aromatic carbocycles. The normalized spacial score (nSPS) is 17.3. The van der Waals surface area contributed by atoms with Gasteiger partial charge in [0.25, 0.3) is 0 Å². The van der Waals surface area contributed by atoms with Gasteiger partial charge in [0.1, 0.15) is 0 Å². The molecule has 1 aliphatic heterocycles. The van der Waals surface area contributed by atoms with E-state index in [1.54, 1.807) is 0 Å². The van der Waals surface area contributed by atoms with E-state index in [4.69, 9.17) is 0 Å². The molecule has 0 aromatic rings. The molecule has 0 atom stereocenters. The largest absolute Gasteiger partial charge is 0.405 e. The van der Waals surface area contributed by atoms with Gasteiger partial charge in [-0.3, -0.25) is 0 Å². The van der Waals surface area contributed by atoms with Gasteiger partial charge in [-0.1, -0.05) is 6.58 Å². The Hall–Kier alpha value is -0.540. The second-order valence-corrected chi connectivity index (χ2v) is 1.74. The highest BCUT2D eigenvalue weighted by Gasteiger charge is 1.91. The molecule has 4 N–H and O–H groups in total. The third-order valence-corrected chi connectivity index (χ3v) is 0.957. The lowest BCUT2D eigenvalue weighted by Gasteiger charge is -2.11. The molecule has 0 radical (unpaired) electrons. The molecule has 0 saturated carbocycles. The van der Waals surface area contributed by atoms with Crippen molar-refractivity contribution < 1.29 is 0 Å². The number of hydrogen-bond donors (Lipinski definition) is 3. The number of hydrogen-bond acceptors (Lipinski definition) is 3. The predicted octanol–water partition coefficient (Wildman–Crippen LogP) is -0.732. The summed E-state index contributed by atoms with van der Waals surface area (Å²) < 4.78 is 0. The molecule has 3 nitrogen and oxygen atoms in total. The van der Waals surface area contributed by atoms with Gasteiger partial charge in [-0.2, -0.15) is 0 Å². The maximum absolute atomic E-state index is 4.61. The molecule has 0 amide bonds. The minimum Gasteiger partial charge on any atom is -0.405 e. The molecule has 3 heteroatoms. The van der Waals surface area contributed by atoms with E-state index < -0.39 is 0 Å². The summed E-state index contributed by atoms with van der Waals surface area (Å²) in [4.78, 5) is 0. The zero-order chi connectivity index (χ0) is 6.95. The van der Waals surface area contributed by atoms with Crippen LogP contribution in [0.2, 0.25) is 0 Å². The van der Waals surface area contributed by atoms with Crippen molar-refractivity contribution >= 4 is 0 Å². The Morgan fingerprint density at radius 2 is 1.33 bits per heavy atom. The van der Waals surface area contributed by atoms with E-state index in [0.717, 1.165) is 26.2 Å². The third kappa shape index (κ3) is 7.46. The number of nitrogens with two attached hydrogens (primary N) is 1. The summed E-state index contributed by atoms with van der Waals surface area (Å²) in [7, 11) is 0. The first-order valence-electron chi connectivity index (χ1n) is 3.16. The van der Waals surface area contributed by atoms with Crippen LogP contribution < -0.4 is 16.4 Å². The molecular formula is C6H15N3. The van der Waals surface area contributed by atoms with Gasteiger partial charge < -0.3 is 16.4 Å². The number of rotatable bonds is 0. The molecule has 0 unspecified atom stereocenters. The van der Waals surface area contributed by atoms with Crippen molar-refractivity contribution in [3.8, 4) is 0 Å².